The van der Waals surface area contributed by atoms with Crippen LogP contribution >= 0.6 is 11.3 Å². The lowest BCUT2D eigenvalue weighted by Crippen LogP contribution is -2.30. The van der Waals surface area contributed by atoms with Gasteiger partial charge in [-0.25, -0.2) is 0 Å². The van der Waals surface area contributed by atoms with Crippen LogP contribution in [-0.2, 0) is 17.9 Å². The average Bonchev–Trinajstić information content (AvgIpc) is 3.01. The van der Waals surface area contributed by atoms with Gasteiger partial charge in [-0.1, -0.05) is 18.2 Å². The Bertz CT molecular complexity index is 578. The summed E-state index contributed by atoms with van der Waals surface area (Å²) in [5, 5.41) is 23.8. The van der Waals surface area contributed by atoms with Crippen molar-refractivity contribution >= 4 is 11.3 Å². The Kier molecular flexibility index (Phi) is 6.38. The number of ether oxygens (including phenoxy) is 1. The van der Waals surface area contributed by atoms with Gasteiger partial charge >= 0.3 is 0 Å². The molecule has 1 atom stereocenters. The molecule has 21 heavy (non-hydrogen) atoms. The second-order valence-electron chi connectivity index (χ2n) is 4.69. The molecule has 0 spiro atoms. The number of aliphatic hydroxyl groups excluding tert-OH is 1. The monoisotopic (exact) mass is 302 g/mol. The number of nitriles is 1. The maximum atomic E-state index is 9.82. The Labute approximate surface area is 128 Å². The van der Waals surface area contributed by atoms with E-state index < -0.39 is 6.10 Å². The molecule has 0 aliphatic carbocycles. The Balaban J connectivity index is 1.62. The third-order valence-corrected chi connectivity index (χ3v) is 3.75. The van der Waals surface area contributed by atoms with Gasteiger partial charge in [0.15, 0.2) is 0 Å². The quantitative estimate of drug-likeness (QED) is 0.785. The van der Waals surface area contributed by atoms with Crippen LogP contribution in [-0.4, -0.2) is 24.4 Å². The first kappa shape index (κ1) is 15.7. The van der Waals surface area contributed by atoms with Crippen LogP contribution in [0.4, 0.5) is 0 Å². The zero-order valence-corrected chi connectivity index (χ0v) is 12.5. The van der Waals surface area contributed by atoms with Gasteiger partial charge in [-0.3, -0.25) is 0 Å². The summed E-state index contributed by atoms with van der Waals surface area (Å²) in [7, 11) is 0. The van der Waals surface area contributed by atoms with E-state index in [-0.39, 0.29) is 0 Å². The minimum atomic E-state index is -0.538. The molecule has 0 aliphatic heterocycles. The second-order valence-corrected chi connectivity index (χ2v) is 5.72. The van der Waals surface area contributed by atoms with E-state index in [2.05, 4.69) is 11.4 Å². The molecule has 1 unspecified atom stereocenters. The van der Waals surface area contributed by atoms with E-state index in [1.54, 1.807) is 17.4 Å². The lowest BCUT2D eigenvalue weighted by molar-refractivity contribution is 0.0297. The molecule has 0 bridgehead atoms. The summed E-state index contributed by atoms with van der Waals surface area (Å²) in [5.41, 5.74) is 1.68. The number of rotatable bonds is 8. The van der Waals surface area contributed by atoms with E-state index in [9.17, 15) is 5.11 Å². The normalized spacial score (nSPS) is 12.0. The average molecular weight is 302 g/mol. The highest BCUT2D eigenvalue weighted by atomic mass is 32.1. The molecule has 2 rings (SSSR count). The van der Waals surface area contributed by atoms with Crippen LogP contribution in [0, 0.1) is 11.3 Å². The number of thiophene rings is 1. The Morgan fingerprint density at radius 2 is 2.24 bits per heavy atom. The number of nitrogens with zero attached hydrogens (tertiary/aromatic N) is 1. The van der Waals surface area contributed by atoms with Gasteiger partial charge < -0.3 is 15.2 Å². The van der Waals surface area contributed by atoms with Crippen molar-refractivity contribution in [1.82, 2.24) is 5.32 Å². The number of aliphatic hydroxyl groups is 1. The van der Waals surface area contributed by atoms with Gasteiger partial charge in [-0.2, -0.15) is 5.26 Å². The van der Waals surface area contributed by atoms with Crippen LogP contribution in [0.1, 0.15) is 16.0 Å². The largest absolute Gasteiger partial charge is 0.389 e. The summed E-state index contributed by atoms with van der Waals surface area (Å²) in [4.78, 5) is 1.16. The third kappa shape index (κ3) is 5.66. The molecule has 0 aliphatic rings. The van der Waals surface area contributed by atoms with Crippen molar-refractivity contribution in [3.05, 3.63) is 57.8 Å². The molecule has 1 aromatic heterocycles. The number of hydrogen-bond acceptors (Lipinski definition) is 5. The van der Waals surface area contributed by atoms with Crippen LogP contribution in [0.15, 0.2) is 41.8 Å². The maximum absolute atomic E-state index is 9.82. The third-order valence-electron chi connectivity index (χ3n) is 2.90. The van der Waals surface area contributed by atoms with Crippen LogP contribution < -0.4 is 5.32 Å². The van der Waals surface area contributed by atoms with Crippen molar-refractivity contribution in [2.45, 2.75) is 19.3 Å². The van der Waals surface area contributed by atoms with Crippen LogP contribution in [0.5, 0.6) is 0 Å². The van der Waals surface area contributed by atoms with E-state index in [1.165, 1.54) is 0 Å². The van der Waals surface area contributed by atoms with Crippen molar-refractivity contribution in [1.29, 1.82) is 5.26 Å². The van der Waals surface area contributed by atoms with Gasteiger partial charge in [-0.15, -0.1) is 11.3 Å². The van der Waals surface area contributed by atoms with Crippen molar-refractivity contribution in [3.8, 4) is 6.07 Å². The number of benzene rings is 1. The molecular weight excluding hydrogens is 284 g/mol. The van der Waals surface area contributed by atoms with Gasteiger partial charge in [0, 0.05) is 18.0 Å². The summed E-state index contributed by atoms with van der Waals surface area (Å²) in [6, 6.07) is 13.5. The van der Waals surface area contributed by atoms with Gasteiger partial charge in [0.25, 0.3) is 0 Å². The Morgan fingerprint density at radius 3 is 3.00 bits per heavy atom. The highest BCUT2D eigenvalue weighted by Gasteiger charge is 2.04. The van der Waals surface area contributed by atoms with Gasteiger partial charge in [-0.05, 0) is 29.1 Å². The first-order valence-electron chi connectivity index (χ1n) is 6.76. The highest BCUT2D eigenvalue weighted by Crippen LogP contribution is 2.09. The van der Waals surface area contributed by atoms with Crippen molar-refractivity contribution in [3.63, 3.8) is 0 Å². The minimum Gasteiger partial charge on any atom is -0.389 e. The van der Waals surface area contributed by atoms with E-state index in [1.807, 2.05) is 35.7 Å². The van der Waals surface area contributed by atoms with Gasteiger partial charge in [0.05, 0.1) is 31.0 Å². The first-order valence-corrected chi connectivity index (χ1v) is 7.64. The van der Waals surface area contributed by atoms with E-state index in [4.69, 9.17) is 10.00 Å². The van der Waals surface area contributed by atoms with Crippen LogP contribution in [0.25, 0.3) is 0 Å². The van der Waals surface area contributed by atoms with Crippen LogP contribution in [0.2, 0.25) is 0 Å². The Morgan fingerprint density at radius 1 is 1.33 bits per heavy atom. The molecule has 0 saturated carbocycles. The molecule has 4 nitrogen and oxygen atoms in total. The predicted molar refractivity (Wildman–Crippen MR) is 82.8 cm³/mol. The van der Waals surface area contributed by atoms with E-state index in [0.717, 1.165) is 10.4 Å². The van der Waals surface area contributed by atoms with Crippen LogP contribution in [0.3, 0.4) is 0 Å². The standard InChI is InChI=1S/C16H18N2O2S/c17-8-13-3-1-4-14(7-13)9-18-10-15(19)11-20-12-16-5-2-6-21-16/h1-7,15,18-19H,9-12H2. The molecule has 110 valence electrons. The second kappa shape index (κ2) is 8.55. The van der Waals surface area contributed by atoms with Gasteiger partial charge in [0.2, 0.25) is 0 Å². The topological polar surface area (TPSA) is 65.3 Å². The van der Waals surface area contributed by atoms with E-state index >= 15 is 0 Å². The van der Waals surface area contributed by atoms with Crippen molar-refractivity contribution in [2.75, 3.05) is 13.2 Å². The minimum absolute atomic E-state index is 0.309. The molecule has 2 N–H and O–H groups in total. The summed E-state index contributed by atoms with van der Waals surface area (Å²) < 4.78 is 5.46. The molecule has 5 heteroatoms. The fraction of sp³-hybridized carbons (Fsp3) is 0.312. The molecule has 2 aromatic rings. The zero-order chi connectivity index (χ0) is 14.9. The lowest BCUT2D eigenvalue weighted by Gasteiger charge is -2.12. The molecule has 0 radical (unpaired) electrons. The van der Waals surface area contributed by atoms with Gasteiger partial charge in [0.1, 0.15) is 0 Å². The highest BCUT2D eigenvalue weighted by molar-refractivity contribution is 7.09. The van der Waals surface area contributed by atoms with Crippen molar-refractivity contribution < 1.29 is 9.84 Å². The number of nitrogens with one attached hydrogen (secondary N) is 1. The maximum Gasteiger partial charge on any atom is 0.0991 e. The molecular formula is C16H18N2O2S. The molecule has 0 amide bonds. The molecule has 0 fully saturated rings. The zero-order valence-electron chi connectivity index (χ0n) is 11.7. The number of hydrogen-bond donors (Lipinski definition) is 2. The fourth-order valence-electron chi connectivity index (χ4n) is 1.88. The predicted octanol–water partition coefficient (Wildman–Crippen LogP) is 2.29. The SMILES string of the molecule is N#Cc1cccc(CNCC(O)COCc2cccs2)c1. The Hall–Kier alpha value is -1.71. The summed E-state index contributed by atoms with van der Waals surface area (Å²) in [6.07, 6.45) is -0.538. The summed E-state index contributed by atoms with van der Waals surface area (Å²) in [5.74, 6) is 0. The smallest absolute Gasteiger partial charge is 0.0991 e. The molecule has 1 heterocycles. The van der Waals surface area contributed by atoms with E-state index in [0.29, 0.717) is 31.9 Å². The fourth-order valence-corrected chi connectivity index (χ4v) is 2.52. The summed E-state index contributed by atoms with van der Waals surface area (Å²) in [6.45, 7) is 1.93. The first-order chi connectivity index (χ1) is 10.3. The molecule has 1 aromatic carbocycles. The summed E-state index contributed by atoms with van der Waals surface area (Å²) >= 11 is 1.64. The van der Waals surface area contributed by atoms with Crippen molar-refractivity contribution in [2.24, 2.45) is 0 Å². The molecule has 0 saturated heterocycles. The lowest BCUT2D eigenvalue weighted by atomic mass is 10.1.